The van der Waals surface area contributed by atoms with Crippen molar-refractivity contribution in [3.05, 3.63) is 30.0 Å². The molecule has 0 spiro atoms. The monoisotopic (exact) mass is 221 g/mol. The van der Waals surface area contributed by atoms with Crippen LogP contribution in [0.2, 0.25) is 0 Å². The summed E-state index contributed by atoms with van der Waals surface area (Å²) in [6.07, 6.45) is 2.09. The molecule has 2 nitrogen and oxygen atoms in total. The minimum atomic E-state index is 0.921. The van der Waals surface area contributed by atoms with Gasteiger partial charge in [-0.2, -0.15) is 11.8 Å². The molecule has 0 aliphatic carbocycles. The Kier molecular flexibility index (Phi) is 3.21. The zero-order valence-corrected chi connectivity index (χ0v) is 9.86. The van der Waals surface area contributed by atoms with E-state index in [1.54, 1.807) is 7.11 Å². The van der Waals surface area contributed by atoms with Crippen molar-refractivity contribution in [2.45, 2.75) is 12.7 Å². The number of hydrogen-bond donors (Lipinski definition) is 1. The number of benzene rings is 1. The second kappa shape index (κ2) is 4.62. The van der Waals surface area contributed by atoms with Gasteiger partial charge in [0.25, 0.3) is 0 Å². The van der Waals surface area contributed by atoms with Gasteiger partial charge in [-0.3, -0.25) is 0 Å². The van der Waals surface area contributed by atoms with Crippen molar-refractivity contribution in [2.75, 3.05) is 12.9 Å². The fourth-order valence-corrected chi connectivity index (χ4v) is 2.28. The van der Waals surface area contributed by atoms with Gasteiger partial charge in [0.15, 0.2) is 0 Å². The van der Waals surface area contributed by atoms with Crippen molar-refractivity contribution >= 4 is 22.7 Å². The third-order valence-corrected chi connectivity index (χ3v) is 3.36. The summed E-state index contributed by atoms with van der Waals surface area (Å²) in [4.78, 5) is 3.28. The Hall–Kier alpha value is -1.09. The molecule has 15 heavy (non-hydrogen) atoms. The highest BCUT2D eigenvalue weighted by Gasteiger charge is 2.04. The van der Waals surface area contributed by atoms with Gasteiger partial charge in [0.05, 0.1) is 7.11 Å². The Morgan fingerprint density at radius 2 is 2.27 bits per heavy atom. The number of ether oxygens (including phenoxy) is 1. The fourth-order valence-electron chi connectivity index (χ4n) is 1.62. The van der Waals surface area contributed by atoms with Gasteiger partial charge in [-0.25, -0.2) is 0 Å². The molecule has 0 saturated carbocycles. The molecule has 0 amide bonds. The van der Waals surface area contributed by atoms with E-state index in [1.165, 1.54) is 16.5 Å². The average Bonchev–Trinajstić information content (AvgIpc) is 2.68. The van der Waals surface area contributed by atoms with E-state index in [9.17, 15) is 0 Å². The van der Waals surface area contributed by atoms with Crippen LogP contribution in [0.5, 0.6) is 5.75 Å². The Morgan fingerprint density at radius 1 is 1.40 bits per heavy atom. The summed E-state index contributed by atoms with van der Waals surface area (Å²) < 4.78 is 5.23. The van der Waals surface area contributed by atoms with Crippen LogP contribution in [0.3, 0.4) is 0 Å². The van der Waals surface area contributed by atoms with Crippen LogP contribution in [0, 0.1) is 0 Å². The number of H-pyrrole nitrogens is 1. The summed E-state index contributed by atoms with van der Waals surface area (Å²) in [5, 5.41) is 1.27. The molecule has 1 aromatic carbocycles. The smallest absolute Gasteiger partial charge is 0.119 e. The lowest BCUT2D eigenvalue weighted by atomic mass is 10.2. The van der Waals surface area contributed by atoms with Crippen LogP contribution in [-0.2, 0) is 5.75 Å². The molecule has 2 aromatic rings. The number of hydrogen-bond acceptors (Lipinski definition) is 2. The van der Waals surface area contributed by atoms with Crippen LogP contribution < -0.4 is 4.74 Å². The lowest BCUT2D eigenvalue weighted by molar-refractivity contribution is 0.415. The topological polar surface area (TPSA) is 25.0 Å². The maximum Gasteiger partial charge on any atom is 0.119 e. The maximum atomic E-state index is 5.23. The van der Waals surface area contributed by atoms with Crippen LogP contribution >= 0.6 is 11.8 Å². The van der Waals surface area contributed by atoms with Crippen molar-refractivity contribution in [3.8, 4) is 5.75 Å². The SMILES string of the molecule is CCSCc1c[nH]c2ccc(OC)cc12. The summed E-state index contributed by atoms with van der Waals surface area (Å²) in [6, 6.07) is 6.14. The Morgan fingerprint density at radius 3 is 3.00 bits per heavy atom. The van der Waals surface area contributed by atoms with E-state index < -0.39 is 0 Å². The highest BCUT2D eigenvalue weighted by molar-refractivity contribution is 7.98. The Labute approximate surface area is 94.0 Å². The molecular weight excluding hydrogens is 206 g/mol. The first-order valence-corrected chi connectivity index (χ1v) is 6.22. The lowest BCUT2D eigenvalue weighted by Gasteiger charge is -2.01. The standard InChI is InChI=1S/C12H15NOS/c1-3-15-8-9-7-13-12-5-4-10(14-2)6-11(9)12/h4-7,13H,3,8H2,1-2H3. The van der Waals surface area contributed by atoms with Crippen LogP contribution in [-0.4, -0.2) is 17.8 Å². The van der Waals surface area contributed by atoms with Crippen molar-refractivity contribution in [1.29, 1.82) is 0 Å². The van der Waals surface area contributed by atoms with Gasteiger partial charge in [0.2, 0.25) is 0 Å². The number of thioether (sulfide) groups is 1. The first-order chi connectivity index (χ1) is 7.35. The second-order valence-electron chi connectivity index (χ2n) is 3.36. The van der Waals surface area contributed by atoms with E-state index in [0.717, 1.165) is 17.3 Å². The van der Waals surface area contributed by atoms with Crippen LogP contribution in [0.15, 0.2) is 24.4 Å². The molecule has 0 radical (unpaired) electrons. The maximum absolute atomic E-state index is 5.23. The fraction of sp³-hybridized carbons (Fsp3) is 0.333. The van der Waals surface area contributed by atoms with Gasteiger partial charge in [-0.05, 0) is 29.5 Å². The first-order valence-electron chi connectivity index (χ1n) is 5.07. The van der Waals surface area contributed by atoms with Crippen molar-refractivity contribution < 1.29 is 4.74 Å². The predicted octanol–water partition coefficient (Wildman–Crippen LogP) is 3.43. The number of fused-ring (bicyclic) bond motifs is 1. The van der Waals surface area contributed by atoms with Gasteiger partial charge >= 0.3 is 0 Å². The summed E-state index contributed by atoms with van der Waals surface area (Å²) in [5.74, 6) is 3.13. The molecule has 1 N–H and O–H groups in total. The number of rotatable bonds is 4. The summed E-state index contributed by atoms with van der Waals surface area (Å²) in [6.45, 7) is 2.18. The average molecular weight is 221 g/mol. The van der Waals surface area contributed by atoms with E-state index in [0.29, 0.717) is 0 Å². The molecular formula is C12H15NOS. The molecule has 0 aliphatic heterocycles. The molecule has 2 rings (SSSR count). The van der Waals surface area contributed by atoms with Gasteiger partial charge in [0.1, 0.15) is 5.75 Å². The minimum Gasteiger partial charge on any atom is -0.497 e. The zero-order chi connectivity index (χ0) is 10.7. The number of aromatic amines is 1. The molecule has 1 aromatic heterocycles. The molecule has 80 valence electrons. The molecule has 0 fully saturated rings. The third kappa shape index (κ3) is 2.12. The number of methoxy groups -OCH3 is 1. The van der Waals surface area contributed by atoms with Gasteiger partial charge in [-0.1, -0.05) is 6.92 Å². The van der Waals surface area contributed by atoms with Crippen LogP contribution in [0.1, 0.15) is 12.5 Å². The van der Waals surface area contributed by atoms with Crippen molar-refractivity contribution in [1.82, 2.24) is 4.98 Å². The van der Waals surface area contributed by atoms with Gasteiger partial charge < -0.3 is 9.72 Å². The van der Waals surface area contributed by atoms with Crippen LogP contribution in [0.4, 0.5) is 0 Å². The number of aromatic nitrogens is 1. The molecule has 0 bridgehead atoms. The highest BCUT2D eigenvalue weighted by atomic mass is 32.2. The molecule has 0 saturated heterocycles. The molecule has 1 heterocycles. The first kappa shape index (κ1) is 10.4. The summed E-state index contributed by atoms with van der Waals surface area (Å²) >= 11 is 1.93. The van der Waals surface area contributed by atoms with E-state index >= 15 is 0 Å². The van der Waals surface area contributed by atoms with Crippen molar-refractivity contribution in [3.63, 3.8) is 0 Å². The largest absolute Gasteiger partial charge is 0.497 e. The normalized spacial score (nSPS) is 10.8. The van der Waals surface area contributed by atoms with E-state index in [2.05, 4.69) is 30.2 Å². The Bertz CT molecular complexity index is 450. The predicted molar refractivity (Wildman–Crippen MR) is 66.7 cm³/mol. The lowest BCUT2D eigenvalue weighted by Crippen LogP contribution is -1.83. The molecule has 3 heteroatoms. The third-order valence-electron chi connectivity index (χ3n) is 2.44. The van der Waals surface area contributed by atoms with E-state index in [-0.39, 0.29) is 0 Å². The molecule has 0 atom stereocenters. The zero-order valence-electron chi connectivity index (χ0n) is 9.04. The van der Waals surface area contributed by atoms with Gasteiger partial charge in [0, 0.05) is 22.9 Å². The van der Waals surface area contributed by atoms with Crippen LogP contribution in [0.25, 0.3) is 10.9 Å². The quantitative estimate of drug-likeness (QED) is 0.855. The second-order valence-corrected chi connectivity index (χ2v) is 4.64. The van der Waals surface area contributed by atoms with Gasteiger partial charge in [-0.15, -0.1) is 0 Å². The molecule has 0 unspecified atom stereocenters. The number of nitrogens with one attached hydrogen (secondary N) is 1. The summed E-state index contributed by atoms with van der Waals surface area (Å²) in [5.41, 5.74) is 2.54. The highest BCUT2D eigenvalue weighted by Crippen LogP contribution is 2.26. The van der Waals surface area contributed by atoms with E-state index in [4.69, 9.17) is 4.74 Å². The van der Waals surface area contributed by atoms with Crippen molar-refractivity contribution in [2.24, 2.45) is 0 Å². The summed E-state index contributed by atoms with van der Waals surface area (Å²) in [7, 11) is 1.70. The van der Waals surface area contributed by atoms with E-state index in [1.807, 2.05) is 17.8 Å². The molecule has 0 aliphatic rings. The minimum absolute atomic E-state index is 0.921. The Balaban J connectivity index is 2.38.